The molecule has 0 saturated carbocycles. The Bertz CT molecular complexity index is 318. The maximum absolute atomic E-state index is 3.78. The van der Waals surface area contributed by atoms with Crippen molar-refractivity contribution in [1.29, 1.82) is 0 Å². The average Bonchev–Trinajstić information content (AvgIpc) is 2.83. The van der Waals surface area contributed by atoms with E-state index in [2.05, 4.69) is 28.8 Å². The standard InChI is InChI=1S/3C5H5N.C3H8.3C2H6/c3*1-2-4-6-5-3-1;1-3-2;3*1-2/h3*1-5H;3H2,1-2H3;3*1-2H3. The lowest BCUT2D eigenvalue weighted by Crippen LogP contribution is -1.58. The van der Waals surface area contributed by atoms with E-state index >= 15 is 0 Å². The van der Waals surface area contributed by atoms with Gasteiger partial charge in [-0.2, -0.15) is 0 Å². The molecule has 0 N–H and O–H groups in total. The predicted octanol–water partition coefficient (Wildman–Crippen LogP) is 7.74. The molecule has 152 valence electrons. The molecule has 0 spiro atoms. The molecule has 0 bridgehead atoms. The van der Waals surface area contributed by atoms with Crippen molar-refractivity contribution in [2.45, 2.75) is 61.8 Å². The van der Waals surface area contributed by atoms with Crippen LogP contribution < -0.4 is 0 Å². The smallest absolute Gasteiger partial charge is 0.0267 e. The molecule has 3 heteroatoms. The van der Waals surface area contributed by atoms with E-state index in [0.717, 1.165) is 0 Å². The van der Waals surface area contributed by atoms with E-state index < -0.39 is 0 Å². The SMILES string of the molecule is CC.CC.CC.CCC.c1ccncc1.c1ccncc1.c1ccncc1. The van der Waals surface area contributed by atoms with E-state index in [1.165, 1.54) is 6.42 Å². The second-order valence-electron chi connectivity index (χ2n) is 3.78. The summed E-state index contributed by atoms with van der Waals surface area (Å²) in [5.74, 6) is 0. The molecule has 27 heavy (non-hydrogen) atoms. The summed E-state index contributed by atoms with van der Waals surface area (Å²) >= 11 is 0. The highest BCUT2D eigenvalue weighted by atomic mass is 14.6. The van der Waals surface area contributed by atoms with Gasteiger partial charge in [-0.1, -0.05) is 80.0 Å². The van der Waals surface area contributed by atoms with Gasteiger partial charge in [-0.25, -0.2) is 0 Å². The van der Waals surface area contributed by atoms with Crippen LogP contribution in [0.4, 0.5) is 0 Å². The van der Waals surface area contributed by atoms with Crippen LogP contribution in [0.2, 0.25) is 0 Å². The van der Waals surface area contributed by atoms with Crippen molar-refractivity contribution in [2.75, 3.05) is 0 Å². The number of pyridine rings is 3. The van der Waals surface area contributed by atoms with Crippen LogP contribution in [0.25, 0.3) is 0 Å². The highest BCUT2D eigenvalue weighted by molar-refractivity contribution is 4.89. The van der Waals surface area contributed by atoms with Gasteiger partial charge < -0.3 is 0 Å². The lowest BCUT2D eigenvalue weighted by atomic mass is 10.5. The fourth-order valence-corrected chi connectivity index (χ4v) is 0.938. The van der Waals surface area contributed by atoms with Crippen molar-refractivity contribution >= 4 is 0 Å². The van der Waals surface area contributed by atoms with Gasteiger partial charge in [0.2, 0.25) is 0 Å². The zero-order chi connectivity index (χ0) is 21.4. The maximum Gasteiger partial charge on any atom is 0.0267 e. The van der Waals surface area contributed by atoms with Crippen molar-refractivity contribution in [3.05, 3.63) is 91.8 Å². The van der Waals surface area contributed by atoms with Crippen LogP contribution in [0.15, 0.2) is 91.8 Å². The molecule has 3 aromatic rings. The first-order valence-electron chi connectivity index (χ1n) is 9.96. The molecule has 0 atom stereocenters. The van der Waals surface area contributed by atoms with Crippen LogP contribution in [0.3, 0.4) is 0 Å². The van der Waals surface area contributed by atoms with Gasteiger partial charge in [-0.05, 0) is 36.4 Å². The molecule has 0 radical (unpaired) electrons. The normalized spacial score (nSPS) is 6.67. The Morgan fingerprint density at radius 1 is 0.370 bits per heavy atom. The van der Waals surface area contributed by atoms with E-state index in [1.54, 1.807) is 37.2 Å². The molecule has 0 aliphatic heterocycles. The molecule has 0 saturated heterocycles. The summed E-state index contributed by atoms with van der Waals surface area (Å²) in [6.45, 7) is 16.2. The lowest BCUT2D eigenvalue weighted by Gasteiger charge is -1.70. The summed E-state index contributed by atoms with van der Waals surface area (Å²) in [4.78, 5) is 11.4. The van der Waals surface area contributed by atoms with Crippen LogP contribution in [0.5, 0.6) is 0 Å². The Morgan fingerprint density at radius 3 is 0.556 bits per heavy atom. The number of nitrogens with zero attached hydrogens (tertiary/aromatic N) is 3. The van der Waals surface area contributed by atoms with Gasteiger partial charge in [-0.15, -0.1) is 0 Å². The summed E-state index contributed by atoms with van der Waals surface area (Å²) in [6, 6.07) is 17.1. The fraction of sp³-hybridized carbons (Fsp3) is 0.375. The fourth-order valence-electron chi connectivity index (χ4n) is 0.938. The molecular formula is C24H41N3. The Kier molecular flexibility index (Phi) is 52.0. The monoisotopic (exact) mass is 371 g/mol. The summed E-state index contributed by atoms with van der Waals surface area (Å²) < 4.78 is 0. The lowest BCUT2D eigenvalue weighted by molar-refractivity contribution is 1.09. The van der Waals surface area contributed by atoms with Gasteiger partial charge in [0.1, 0.15) is 0 Å². The summed E-state index contributed by atoms with van der Waals surface area (Å²) in [6.07, 6.45) is 11.8. The third-order valence-corrected chi connectivity index (χ3v) is 1.70. The van der Waals surface area contributed by atoms with Crippen molar-refractivity contribution < 1.29 is 0 Å². The first kappa shape index (κ1) is 32.1. The van der Waals surface area contributed by atoms with E-state index in [0.29, 0.717) is 0 Å². The van der Waals surface area contributed by atoms with Crippen molar-refractivity contribution in [2.24, 2.45) is 0 Å². The highest BCUT2D eigenvalue weighted by Crippen LogP contribution is 1.74. The van der Waals surface area contributed by atoms with Crippen LogP contribution in [-0.4, -0.2) is 15.0 Å². The molecule has 3 rings (SSSR count). The van der Waals surface area contributed by atoms with Gasteiger partial charge in [-0.3, -0.25) is 15.0 Å². The third-order valence-electron chi connectivity index (χ3n) is 1.70. The second kappa shape index (κ2) is 43.7. The first-order valence-corrected chi connectivity index (χ1v) is 9.96. The van der Waals surface area contributed by atoms with Gasteiger partial charge in [0.25, 0.3) is 0 Å². The zero-order valence-corrected chi connectivity index (χ0v) is 18.7. The molecular weight excluding hydrogens is 330 g/mol. The number of hydrogen-bond donors (Lipinski definition) is 0. The highest BCUT2D eigenvalue weighted by Gasteiger charge is 1.59. The van der Waals surface area contributed by atoms with Crippen LogP contribution in [-0.2, 0) is 0 Å². The van der Waals surface area contributed by atoms with Crippen molar-refractivity contribution in [3.8, 4) is 0 Å². The Balaban J connectivity index is -0.000000122. The van der Waals surface area contributed by atoms with Crippen LogP contribution in [0.1, 0.15) is 61.8 Å². The number of rotatable bonds is 0. The van der Waals surface area contributed by atoms with Crippen molar-refractivity contribution in [3.63, 3.8) is 0 Å². The third kappa shape index (κ3) is 45.2. The van der Waals surface area contributed by atoms with Crippen LogP contribution >= 0.6 is 0 Å². The molecule has 3 heterocycles. The quantitative estimate of drug-likeness (QED) is 0.405. The minimum Gasteiger partial charge on any atom is -0.265 e. The van der Waals surface area contributed by atoms with Crippen LogP contribution in [0, 0.1) is 0 Å². The molecule has 0 fully saturated rings. The maximum atomic E-state index is 3.78. The summed E-state index contributed by atoms with van der Waals surface area (Å²) in [5.41, 5.74) is 0. The van der Waals surface area contributed by atoms with Gasteiger partial charge in [0.05, 0.1) is 0 Å². The van der Waals surface area contributed by atoms with Crippen molar-refractivity contribution in [1.82, 2.24) is 15.0 Å². The Morgan fingerprint density at radius 2 is 0.519 bits per heavy atom. The zero-order valence-electron chi connectivity index (χ0n) is 18.7. The van der Waals surface area contributed by atoms with E-state index in [9.17, 15) is 0 Å². The largest absolute Gasteiger partial charge is 0.265 e. The molecule has 3 nitrogen and oxygen atoms in total. The Labute approximate surface area is 169 Å². The summed E-state index contributed by atoms with van der Waals surface area (Å²) in [5, 5.41) is 0. The molecule has 0 aromatic carbocycles. The molecule has 0 aliphatic carbocycles. The molecule has 0 aliphatic rings. The van der Waals surface area contributed by atoms with Gasteiger partial charge in [0.15, 0.2) is 0 Å². The van der Waals surface area contributed by atoms with Gasteiger partial charge in [0, 0.05) is 37.2 Å². The Hall–Kier alpha value is -2.55. The minimum atomic E-state index is 1.25. The number of hydrogen-bond acceptors (Lipinski definition) is 3. The predicted molar refractivity (Wildman–Crippen MR) is 123 cm³/mol. The minimum absolute atomic E-state index is 1.25. The average molecular weight is 372 g/mol. The van der Waals surface area contributed by atoms with Gasteiger partial charge >= 0.3 is 0 Å². The molecule has 3 aromatic heterocycles. The topological polar surface area (TPSA) is 38.7 Å². The molecule has 0 unspecified atom stereocenters. The number of aromatic nitrogens is 3. The second-order valence-corrected chi connectivity index (χ2v) is 3.78. The van der Waals surface area contributed by atoms with E-state index in [1.807, 2.05) is 96.1 Å². The summed E-state index contributed by atoms with van der Waals surface area (Å²) in [7, 11) is 0. The first-order chi connectivity index (χ1) is 13.4. The van der Waals surface area contributed by atoms with E-state index in [-0.39, 0.29) is 0 Å². The van der Waals surface area contributed by atoms with E-state index in [4.69, 9.17) is 0 Å². The molecule has 0 amide bonds.